The van der Waals surface area contributed by atoms with Crippen molar-refractivity contribution in [2.75, 3.05) is 6.54 Å². The fourth-order valence-electron chi connectivity index (χ4n) is 1.60. The molecule has 0 amide bonds. The number of rotatable bonds is 4. The lowest BCUT2D eigenvalue weighted by Crippen LogP contribution is -2.09. The van der Waals surface area contributed by atoms with E-state index in [1.807, 2.05) is 24.4 Å². The molecular formula is C14H16N2S. The van der Waals surface area contributed by atoms with Crippen molar-refractivity contribution in [3.63, 3.8) is 0 Å². The summed E-state index contributed by atoms with van der Waals surface area (Å²) in [7, 11) is 0. The number of thioether (sulfide) groups is 1. The van der Waals surface area contributed by atoms with Crippen molar-refractivity contribution >= 4 is 11.8 Å². The van der Waals surface area contributed by atoms with Gasteiger partial charge in [0.25, 0.3) is 0 Å². The highest BCUT2D eigenvalue weighted by atomic mass is 32.2. The normalized spacial score (nSPS) is 12.4. The first-order valence-corrected chi connectivity index (χ1v) is 6.52. The highest BCUT2D eigenvalue weighted by Gasteiger charge is 2.11. The summed E-state index contributed by atoms with van der Waals surface area (Å²) in [6.45, 7) is 2.71. The van der Waals surface area contributed by atoms with Gasteiger partial charge in [0.2, 0.25) is 0 Å². The fourth-order valence-corrected chi connectivity index (χ4v) is 2.56. The second-order valence-electron chi connectivity index (χ2n) is 3.92. The Hall–Kier alpha value is -1.32. The Morgan fingerprint density at radius 1 is 1.18 bits per heavy atom. The first-order chi connectivity index (χ1) is 8.29. The van der Waals surface area contributed by atoms with Gasteiger partial charge in [0.15, 0.2) is 0 Å². The van der Waals surface area contributed by atoms with Gasteiger partial charge >= 0.3 is 0 Å². The lowest BCUT2D eigenvalue weighted by Gasteiger charge is -2.14. The molecule has 88 valence electrons. The van der Waals surface area contributed by atoms with Crippen molar-refractivity contribution in [2.24, 2.45) is 5.73 Å². The molecule has 1 heterocycles. The Morgan fingerprint density at radius 3 is 2.53 bits per heavy atom. The van der Waals surface area contributed by atoms with E-state index in [-0.39, 0.29) is 5.25 Å². The lowest BCUT2D eigenvalue weighted by molar-refractivity contribution is 0.934. The minimum absolute atomic E-state index is 0.269. The first kappa shape index (κ1) is 12.1. The van der Waals surface area contributed by atoms with Gasteiger partial charge in [0, 0.05) is 18.0 Å². The number of aryl methyl sites for hydroxylation is 1. The van der Waals surface area contributed by atoms with Crippen molar-refractivity contribution < 1.29 is 0 Å². The van der Waals surface area contributed by atoms with Crippen LogP contribution in [0.3, 0.4) is 0 Å². The van der Waals surface area contributed by atoms with Crippen molar-refractivity contribution in [3.05, 3.63) is 59.8 Å². The highest BCUT2D eigenvalue weighted by Crippen LogP contribution is 2.32. The third-order valence-electron chi connectivity index (χ3n) is 2.56. The van der Waals surface area contributed by atoms with Gasteiger partial charge in [0.1, 0.15) is 0 Å². The SMILES string of the molecule is Cc1ccc(C(CN)Sc2ccccn2)cc1. The van der Waals surface area contributed by atoms with Gasteiger partial charge in [0.05, 0.1) is 5.03 Å². The number of benzene rings is 1. The fraction of sp³-hybridized carbons (Fsp3) is 0.214. The topological polar surface area (TPSA) is 38.9 Å². The predicted molar refractivity (Wildman–Crippen MR) is 73.1 cm³/mol. The monoisotopic (exact) mass is 244 g/mol. The van der Waals surface area contributed by atoms with Gasteiger partial charge in [-0.2, -0.15) is 0 Å². The Morgan fingerprint density at radius 2 is 1.94 bits per heavy atom. The van der Waals surface area contributed by atoms with Gasteiger partial charge in [-0.15, -0.1) is 0 Å². The van der Waals surface area contributed by atoms with Gasteiger partial charge in [-0.25, -0.2) is 4.98 Å². The summed E-state index contributed by atoms with van der Waals surface area (Å²) >= 11 is 1.71. The van der Waals surface area contributed by atoms with E-state index < -0.39 is 0 Å². The van der Waals surface area contributed by atoms with Crippen LogP contribution in [0, 0.1) is 6.92 Å². The predicted octanol–water partition coefficient (Wildman–Crippen LogP) is 3.18. The van der Waals surface area contributed by atoms with Gasteiger partial charge in [-0.1, -0.05) is 47.7 Å². The maximum atomic E-state index is 5.84. The zero-order valence-corrected chi connectivity index (χ0v) is 10.7. The molecule has 2 rings (SSSR count). The molecule has 0 aliphatic rings. The van der Waals surface area contributed by atoms with E-state index in [0.29, 0.717) is 6.54 Å². The molecule has 3 heteroatoms. The summed E-state index contributed by atoms with van der Waals surface area (Å²) in [5.74, 6) is 0. The zero-order chi connectivity index (χ0) is 12.1. The molecule has 0 fully saturated rings. The molecule has 2 nitrogen and oxygen atoms in total. The third kappa shape index (κ3) is 3.32. The molecular weight excluding hydrogens is 228 g/mol. The van der Waals surface area contributed by atoms with Crippen LogP contribution in [-0.4, -0.2) is 11.5 Å². The molecule has 0 saturated heterocycles. The zero-order valence-electron chi connectivity index (χ0n) is 9.84. The molecule has 0 bridgehead atoms. The molecule has 0 spiro atoms. The van der Waals surface area contributed by atoms with Crippen LogP contribution < -0.4 is 5.73 Å². The maximum Gasteiger partial charge on any atom is 0.0966 e. The van der Waals surface area contributed by atoms with E-state index in [4.69, 9.17) is 5.73 Å². The highest BCUT2D eigenvalue weighted by molar-refractivity contribution is 7.99. The summed E-state index contributed by atoms with van der Waals surface area (Å²) < 4.78 is 0. The van der Waals surface area contributed by atoms with E-state index in [1.165, 1.54) is 11.1 Å². The molecule has 17 heavy (non-hydrogen) atoms. The smallest absolute Gasteiger partial charge is 0.0966 e. The van der Waals surface area contributed by atoms with Crippen molar-refractivity contribution in [1.29, 1.82) is 0 Å². The number of nitrogens with two attached hydrogens (primary N) is 1. The molecule has 2 aromatic rings. The second kappa shape index (κ2) is 5.84. The molecule has 1 aromatic carbocycles. The van der Waals surface area contributed by atoms with Gasteiger partial charge < -0.3 is 5.73 Å². The van der Waals surface area contributed by atoms with Crippen LogP contribution in [0.25, 0.3) is 0 Å². The maximum absolute atomic E-state index is 5.84. The van der Waals surface area contributed by atoms with Crippen LogP contribution in [0.15, 0.2) is 53.7 Å². The number of pyridine rings is 1. The van der Waals surface area contributed by atoms with Crippen LogP contribution in [-0.2, 0) is 0 Å². The second-order valence-corrected chi connectivity index (χ2v) is 5.14. The largest absolute Gasteiger partial charge is 0.329 e. The number of hydrogen-bond acceptors (Lipinski definition) is 3. The van der Waals surface area contributed by atoms with Crippen molar-refractivity contribution in [2.45, 2.75) is 17.2 Å². The van der Waals surface area contributed by atoms with Crippen LogP contribution in [0.2, 0.25) is 0 Å². The minimum Gasteiger partial charge on any atom is -0.329 e. The van der Waals surface area contributed by atoms with E-state index >= 15 is 0 Å². The third-order valence-corrected chi connectivity index (χ3v) is 3.80. The first-order valence-electron chi connectivity index (χ1n) is 5.64. The summed E-state index contributed by atoms with van der Waals surface area (Å²) in [5.41, 5.74) is 8.37. The average molecular weight is 244 g/mol. The molecule has 0 radical (unpaired) electrons. The Kier molecular flexibility index (Phi) is 4.18. The molecule has 1 unspecified atom stereocenters. The van der Waals surface area contributed by atoms with E-state index in [1.54, 1.807) is 11.8 Å². The summed E-state index contributed by atoms with van der Waals surface area (Å²) in [5, 5.41) is 1.29. The molecule has 0 saturated carbocycles. The molecule has 1 atom stereocenters. The van der Waals surface area contributed by atoms with E-state index in [0.717, 1.165) is 5.03 Å². The average Bonchev–Trinajstić information content (AvgIpc) is 2.38. The molecule has 0 aliphatic carbocycles. The van der Waals surface area contributed by atoms with E-state index in [9.17, 15) is 0 Å². The Balaban J connectivity index is 2.14. The standard InChI is InChI=1S/C14H16N2S/c1-11-5-7-12(8-6-11)13(10-15)17-14-4-2-3-9-16-14/h2-9,13H,10,15H2,1H3. The van der Waals surface area contributed by atoms with Crippen LogP contribution >= 0.6 is 11.8 Å². The van der Waals surface area contributed by atoms with E-state index in [2.05, 4.69) is 36.2 Å². The van der Waals surface area contributed by atoms with Crippen LogP contribution in [0.5, 0.6) is 0 Å². The Labute approximate surface area is 106 Å². The minimum atomic E-state index is 0.269. The van der Waals surface area contributed by atoms with Crippen LogP contribution in [0.4, 0.5) is 0 Å². The molecule has 0 aliphatic heterocycles. The van der Waals surface area contributed by atoms with Crippen LogP contribution in [0.1, 0.15) is 16.4 Å². The number of aromatic nitrogens is 1. The Bertz CT molecular complexity index is 453. The number of hydrogen-bond donors (Lipinski definition) is 1. The summed E-state index contributed by atoms with van der Waals surface area (Å²) in [4.78, 5) is 4.32. The molecule has 1 aromatic heterocycles. The molecule has 2 N–H and O–H groups in total. The van der Waals surface area contributed by atoms with Crippen molar-refractivity contribution in [1.82, 2.24) is 4.98 Å². The van der Waals surface area contributed by atoms with Gasteiger partial charge in [-0.3, -0.25) is 0 Å². The summed E-state index contributed by atoms with van der Waals surface area (Å²) in [6, 6.07) is 14.5. The number of nitrogens with zero attached hydrogens (tertiary/aromatic N) is 1. The summed E-state index contributed by atoms with van der Waals surface area (Å²) in [6.07, 6.45) is 1.81. The van der Waals surface area contributed by atoms with Crippen molar-refractivity contribution in [3.8, 4) is 0 Å². The lowest BCUT2D eigenvalue weighted by atomic mass is 10.1. The quantitative estimate of drug-likeness (QED) is 0.840. The van der Waals surface area contributed by atoms with Gasteiger partial charge in [-0.05, 0) is 24.6 Å².